The molecular formula is C24H26N2O3. The van der Waals surface area contributed by atoms with E-state index in [2.05, 4.69) is 37.9 Å². The van der Waals surface area contributed by atoms with Crippen LogP contribution >= 0.6 is 0 Å². The number of carbonyl (C=O) groups excluding carboxylic acids is 1. The van der Waals surface area contributed by atoms with Crippen molar-refractivity contribution in [2.75, 3.05) is 26.3 Å². The Balaban J connectivity index is 1.67. The summed E-state index contributed by atoms with van der Waals surface area (Å²) in [6.45, 7) is 8.86. The topological polar surface area (TPSA) is 51.7 Å². The van der Waals surface area contributed by atoms with Crippen molar-refractivity contribution in [3.8, 4) is 11.6 Å². The third-order valence-corrected chi connectivity index (χ3v) is 5.16. The van der Waals surface area contributed by atoms with Crippen molar-refractivity contribution >= 4 is 16.8 Å². The van der Waals surface area contributed by atoms with Gasteiger partial charge >= 0.3 is 0 Å². The van der Waals surface area contributed by atoms with E-state index in [-0.39, 0.29) is 11.3 Å². The van der Waals surface area contributed by atoms with Gasteiger partial charge in [-0.2, -0.15) is 0 Å². The van der Waals surface area contributed by atoms with Gasteiger partial charge in [0.15, 0.2) is 0 Å². The highest BCUT2D eigenvalue weighted by Gasteiger charge is 2.22. The molecule has 4 rings (SSSR count). The molecule has 0 bridgehead atoms. The molecule has 0 unspecified atom stereocenters. The summed E-state index contributed by atoms with van der Waals surface area (Å²) in [4.78, 5) is 19.6. The first-order valence-corrected chi connectivity index (χ1v) is 9.97. The Labute approximate surface area is 171 Å². The van der Waals surface area contributed by atoms with Crippen LogP contribution in [0.15, 0.2) is 54.6 Å². The Bertz CT molecular complexity index is 1020. The van der Waals surface area contributed by atoms with Crippen molar-refractivity contribution in [3.05, 3.63) is 65.7 Å². The minimum absolute atomic E-state index is 0.0140. The molecule has 1 aromatic heterocycles. The molecule has 1 saturated heterocycles. The average molecular weight is 390 g/mol. The first-order chi connectivity index (χ1) is 13.9. The number of fused-ring (bicyclic) bond motifs is 1. The number of morpholine rings is 1. The molecule has 0 spiro atoms. The van der Waals surface area contributed by atoms with Gasteiger partial charge in [-0.25, -0.2) is 4.98 Å². The fourth-order valence-corrected chi connectivity index (χ4v) is 3.46. The predicted molar refractivity (Wildman–Crippen MR) is 114 cm³/mol. The standard InChI is InChI=1S/C24H26N2O3/c1-24(2,3)17-8-10-18(11-9-17)29-22-16-20(19-6-4-5-7-21(19)25-22)23(27)26-12-14-28-15-13-26/h4-11,16H,12-15H2,1-3H3. The molecule has 150 valence electrons. The van der Waals surface area contributed by atoms with Crippen LogP contribution in [-0.2, 0) is 10.2 Å². The Morgan fingerprint density at radius 2 is 1.72 bits per heavy atom. The van der Waals surface area contributed by atoms with Crippen LogP contribution in [0.1, 0.15) is 36.7 Å². The van der Waals surface area contributed by atoms with Crippen LogP contribution in [0, 0.1) is 0 Å². The van der Waals surface area contributed by atoms with Gasteiger partial charge in [-0.05, 0) is 29.2 Å². The van der Waals surface area contributed by atoms with Gasteiger partial charge in [-0.1, -0.05) is 51.1 Å². The van der Waals surface area contributed by atoms with E-state index >= 15 is 0 Å². The van der Waals surface area contributed by atoms with E-state index in [4.69, 9.17) is 9.47 Å². The van der Waals surface area contributed by atoms with Gasteiger partial charge < -0.3 is 14.4 Å². The fourth-order valence-electron chi connectivity index (χ4n) is 3.46. The summed E-state index contributed by atoms with van der Waals surface area (Å²) >= 11 is 0. The molecule has 1 aliphatic rings. The highest BCUT2D eigenvalue weighted by atomic mass is 16.5. The summed E-state index contributed by atoms with van der Waals surface area (Å²) < 4.78 is 11.4. The molecule has 29 heavy (non-hydrogen) atoms. The average Bonchev–Trinajstić information content (AvgIpc) is 2.73. The van der Waals surface area contributed by atoms with Crippen molar-refractivity contribution < 1.29 is 14.3 Å². The lowest BCUT2D eigenvalue weighted by Gasteiger charge is -2.27. The number of pyridine rings is 1. The smallest absolute Gasteiger partial charge is 0.254 e. The molecule has 0 atom stereocenters. The molecule has 0 aliphatic carbocycles. The summed E-state index contributed by atoms with van der Waals surface area (Å²) in [7, 11) is 0. The maximum atomic E-state index is 13.2. The maximum Gasteiger partial charge on any atom is 0.254 e. The second kappa shape index (κ2) is 7.84. The van der Waals surface area contributed by atoms with Crippen LogP contribution in [0.3, 0.4) is 0 Å². The molecule has 5 heteroatoms. The van der Waals surface area contributed by atoms with Crippen LogP contribution in [0.25, 0.3) is 10.9 Å². The van der Waals surface area contributed by atoms with E-state index in [1.807, 2.05) is 41.3 Å². The van der Waals surface area contributed by atoms with E-state index in [0.29, 0.717) is 43.5 Å². The first-order valence-electron chi connectivity index (χ1n) is 9.97. The van der Waals surface area contributed by atoms with Gasteiger partial charge in [0.05, 0.1) is 24.3 Å². The number of hydrogen-bond acceptors (Lipinski definition) is 4. The number of hydrogen-bond donors (Lipinski definition) is 0. The van der Waals surface area contributed by atoms with Gasteiger partial charge in [0, 0.05) is 24.5 Å². The lowest BCUT2D eigenvalue weighted by atomic mass is 9.87. The number of ether oxygens (including phenoxy) is 2. The van der Waals surface area contributed by atoms with E-state index in [1.165, 1.54) is 5.56 Å². The van der Waals surface area contributed by atoms with Crippen molar-refractivity contribution in [2.24, 2.45) is 0 Å². The van der Waals surface area contributed by atoms with Gasteiger partial charge in [-0.3, -0.25) is 4.79 Å². The summed E-state index contributed by atoms with van der Waals surface area (Å²) in [6.07, 6.45) is 0. The molecule has 1 fully saturated rings. The van der Waals surface area contributed by atoms with Crippen LogP contribution in [0.5, 0.6) is 11.6 Å². The predicted octanol–water partition coefficient (Wildman–Crippen LogP) is 4.80. The second-order valence-electron chi connectivity index (χ2n) is 8.31. The Kier molecular flexibility index (Phi) is 5.24. The van der Waals surface area contributed by atoms with Gasteiger partial charge in [0.2, 0.25) is 5.88 Å². The zero-order valence-electron chi connectivity index (χ0n) is 17.1. The van der Waals surface area contributed by atoms with E-state index in [1.54, 1.807) is 6.07 Å². The van der Waals surface area contributed by atoms with E-state index in [9.17, 15) is 4.79 Å². The molecule has 5 nitrogen and oxygen atoms in total. The summed E-state index contributed by atoms with van der Waals surface area (Å²) in [5.74, 6) is 1.11. The van der Waals surface area contributed by atoms with Crippen LogP contribution in [0.4, 0.5) is 0 Å². The maximum absolute atomic E-state index is 13.2. The number of aromatic nitrogens is 1. The SMILES string of the molecule is CC(C)(C)c1ccc(Oc2cc(C(=O)N3CCOCC3)c3ccccc3n2)cc1. The Morgan fingerprint density at radius 1 is 1.03 bits per heavy atom. The molecule has 0 N–H and O–H groups in total. The largest absolute Gasteiger partial charge is 0.439 e. The third-order valence-electron chi connectivity index (χ3n) is 5.16. The van der Waals surface area contributed by atoms with Crippen LogP contribution < -0.4 is 4.74 Å². The quantitative estimate of drug-likeness (QED) is 0.645. The molecule has 1 amide bonds. The zero-order valence-corrected chi connectivity index (χ0v) is 17.1. The van der Waals surface area contributed by atoms with Gasteiger partial charge in [0.1, 0.15) is 5.75 Å². The third kappa shape index (κ3) is 4.25. The molecule has 3 aromatic rings. The number of para-hydroxylation sites is 1. The lowest BCUT2D eigenvalue weighted by molar-refractivity contribution is 0.0304. The number of amides is 1. The number of rotatable bonds is 3. The summed E-state index contributed by atoms with van der Waals surface area (Å²) in [6, 6.07) is 17.4. The van der Waals surface area contributed by atoms with Crippen molar-refractivity contribution in [2.45, 2.75) is 26.2 Å². The molecule has 0 radical (unpaired) electrons. The molecule has 1 aliphatic heterocycles. The zero-order chi connectivity index (χ0) is 20.4. The first kappa shape index (κ1) is 19.4. The molecule has 0 saturated carbocycles. The van der Waals surface area contributed by atoms with Gasteiger partial charge in [0.25, 0.3) is 5.91 Å². The number of benzene rings is 2. The number of nitrogens with zero attached hydrogens (tertiary/aromatic N) is 2. The minimum Gasteiger partial charge on any atom is -0.439 e. The van der Waals surface area contributed by atoms with Crippen molar-refractivity contribution in [1.82, 2.24) is 9.88 Å². The van der Waals surface area contributed by atoms with E-state index in [0.717, 1.165) is 10.9 Å². The second-order valence-corrected chi connectivity index (χ2v) is 8.31. The van der Waals surface area contributed by atoms with Crippen LogP contribution in [-0.4, -0.2) is 42.1 Å². The highest BCUT2D eigenvalue weighted by molar-refractivity contribution is 6.06. The monoisotopic (exact) mass is 390 g/mol. The minimum atomic E-state index is -0.0140. The van der Waals surface area contributed by atoms with Gasteiger partial charge in [-0.15, -0.1) is 0 Å². The molecular weight excluding hydrogens is 364 g/mol. The molecule has 2 aromatic carbocycles. The highest BCUT2D eigenvalue weighted by Crippen LogP contribution is 2.29. The van der Waals surface area contributed by atoms with Crippen molar-refractivity contribution in [3.63, 3.8) is 0 Å². The Morgan fingerprint density at radius 3 is 2.41 bits per heavy atom. The van der Waals surface area contributed by atoms with Crippen LogP contribution in [0.2, 0.25) is 0 Å². The Hall–Kier alpha value is -2.92. The van der Waals surface area contributed by atoms with Crippen molar-refractivity contribution in [1.29, 1.82) is 0 Å². The molecule has 2 heterocycles. The summed E-state index contributed by atoms with van der Waals surface area (Å²) in [5, 5.41) is 0.833. The van der Waals surface area contributed by atoms with E-state index < -0.39 is 0 Å². The normalized spacial score (nSPS) is 14.8. The fraction of sp³-hybridized carbons (Fsp3) is 0.333. The lowest BCUT2D eigenvalue weighted by Crippen LogP contribution is -2.40. The summed E-state index contributed by atoms with van der Waals surface area (Å²) in [5.41, 5.74) is 2.67. The number of carbonyl (C=O) groups is 1.